The zero-order valence-electron chi connectivity index (χ0n) is 17.7. The number of thioether (sulfide) groups is 1. The fourth-order valence-electron chi connectivity index (χ4n) is 2.83. The summed E-state index contributed by atoms with van der Waals surface area (Å²) >= 11 is 14.0. The molecule has 0 unspecified atom stereocenters. The number of benzene rings is 1. The average Bonchev–Trinajstić information content (AvgIpc) is 3.01. The molecule has 0 bridgehead atoms. The van der Waals surface area contributed by atoms with Crippen LogP contribution in [0.25, 0.3) is 0 Å². The molecule has 0 aromatic heterocycles. The topological polar surface area (TPSA) is 96.7 Å². The van der Waals surface area contributed by atoms with Gasteiger partial charge in [-0.2, -0.15) is 5.01 Å². The number of hydrazine groups is 1. The van der Waals surface area contributed by atoms with Crippen LogP contribution in [-0.2, 0) is 9.59 Å². The SMILES string of the molecule is CC(C)N(CCSC1=NCN(C)N1c1ccc(Cl)c(Cl)c1)C(C)C.O=C(O)C(=O)O. The molecule has 2 rings (SSSR count). The van der Waals surface area contributed by atoms with E-state index in [1.54, 1.807) is 11.8 Å². The number of rotatable bonds is 6. The first-order valence-corrected chi connectivity index (χ1v) is 11.0. The number of aliphatic imine (C=N–C) groups is 1. The Hall–Kier alpha value is -1.52. The molecule has 0 saturated heterocycles. The smallest absolute Gasteiger partial charge is 0.414 e. The van der Waals surface area contributed by atoms with Crippen LogP contribution in [0.1, 0.15) is 27.7 Å². The Morgan fingerprint density at radius 2 is 1.70 bits per heavy atom. The van der Waals surface area contributed by atoms with Crippen molar-refractivity contribution in [3.8, 4) is 0 Å². The van der Waals surface area contributed by atoms with Gasteiger partial charge < -0.3 is 10.2 Å². The highest BCUT2D eigenvalue weighted by atomic mass is 35.5. The molecular formula is C19H28Cl2N4O4S. The van der Waals surface area contributed by atoms with Crippen LogP contribution in [0.4, 0.5) is 5.69 Å². The molecule has 168 valence electrons. The van der Waals surface area contributed by atoms with E-state index in [0.29, 0.717) is 28.8 Å². The van der Waals surface area contributed by atoms with Crippen molar-refractivity contribution in [1.82, 2.24) is 9.91 Å². The van der Waals surface area contributed by atoms with Gasteiger partial charge in [0, 0.05) is 31.4 Å². The van der Waals surface area contributed by atoms with E-state index in [0.717, 1.165) is 23.2 Å². The first-order chi connectivity index (χ1) is 14.0. The summed E-state index contributed by atoms with van der Waals surface area (Å²) in [5.74, 6) is -2.65. The lowest BCUT2D eigenvalue weighted by Gasteiger charge is -2.31. The Balaban J connectivity index is 0.000000656. The Morgan fingerprint density at radius 1 is 1.13 bits per heavy atom. The molecule has 1 aromatic rings. The predicted octanol–water partition coefficient (Wildman–Crippen LogP) is 3.98. The maximum absolute atomic E-state index is 9.10. The number of halogens is 2. The van der Waals surface area contributed by atoms with E-state index < -0.39 is 11.9 Å². The lowest BCUT2D eigenvalue weighted by atomic mass is 10.2. The van der Waals surface area contributed by atoms with Crippen LogP contribution in [0.2, 0.25) is 10.0 Å². The van der Waals surface area contributed by atoms with Crippen molar-refractivity contribution >= 4 is 57.8 Å². The molecule has 0 fully saturated rings. The first kappa shape index (κ1) is 26.5. The minimum Gasteiger partial charge on any atom is -0.473 e. The summed E-state index contributed by atoms with van der Waals surface area (Å²) in [6, 6.07) is 6.78. The number of nitrogens with zero attached hydrogens (tertiary/aromatic N) is 4. The standard InChI is InChI=1S/C17H26Cl2N4S.C2H2O4/c1-12(2)22(13(3)4)8-9-24-17-20-11-21(5)23(17)14-6-7-15(18)16(19)10-14;3-1(4)2(5)6/h6-7,10,12-13H,8-9,11H2,1-5H3;(H,3,4)(H,5,6). The lowest BCUT2D eigenvalue weighted by Crippen LogP contribution is -2.40. The molecule has 0 saturated carbocycles. The molecule has 0 spiro atoms. The van der Waals surface area contributed by atoms with E-state index >= 15 is 0 Å². The molecule has 2 N–H and O–H groups in total. The average molecular weight is 479 g/mol. The maximum Gasteiger partial charge on any atom is 0.414 e. The number of amidine groups is 1. The second-order valence-electron chi connectivity index (χ2n) is 7.03. The normalized spacial score (nSPS) is 14.2. The van der Waals surface area contributed by atoms with Crippen molar-refractivity contribution in [2.75, 3.05) is 31.0 Å². The summed E-state index contributed by atoms with van der Waals surface area (Å²) < 4.78 is 0. The van der Waals surface area contributed by atoms with Crippen LogP contribution in [0, 0.1) is 0 Å². The summed E-state index contributed by atoms with van der Waals surface area (Å²) in [4.78, 5) is 25.3. The van der Waals surface area contributed by atoms with Crippen LogP contribution in [-0.4, -0.2) is 75.3 Å². The molecule has 1 aliphatic heterocycles. The fraction of sp³-hybridized carbons (Fsp3) is 0.526. The molecule has 0 radical (unpaired) electrons. The van der Waals surface area contributed by atoms with Gasteiger partial charge in [-0.05, 0) is 45.9 Å². The van der Waals surface area contributed by atoms with E-state index in [1.807, 2.05) is 25.2 Å². The van der Waals surface area contributed by atoms with Gasteiger partial charge in [-0.25, -0.2) is 14.6 Å². The van der Waals surface area contributed by atoms with E-state index in [9.17, 15) is 0 Å². The lowest BCUT2D eigenvalue weighted by molar-refractivity contribution is -0.159. The first-order valence-electron chi connectivity index (χ1n) is 9.31. The fourth-order valence-corrected chi connectivity index (χ4v) is 4.12. The van der Waals surface area contributed by atoms with Gasteiger partial charge in [-0.15, -0.1) is 0 Å². The quantitative estimate of drug-likeness (QED) is 0.592. The molecule has 0 atom stereocenters. The summed E-state index contributed by atoms with van der Waals surface area (Å²) in [7, 11) is 2.02. The highest BCUT2D eigenvalue weighted by molar-refractivity contribution is 8.14. The number of carboxylic acids is 2. The van der Waals surface area contributed by atoms with Gasteiger partial charge in [0.15, 0.2) is 5.17 Å². The van der Waals surface area contributed by atoms with Crippen molar-refractivity contribution in [2.45, 2.75) is 39.8 Å². The number of anilines is 1. The number of hydrogen-bond acceptors (Lipinski definition) is 7. The highest BCUT2D eigenvalue weighted by Gasteiger charge is 2.25. The van der Waals surface area contributed by atoms with Gasteiger partial charge in [0.1, 0.15) is 6.67 Å². The molecule has 1 aromatic carbocycles. The summed E-state index contributed by atoms with van der Waals surface area (Å²) in [5.41, 5.74) is 0.986. The van der Waals surface area contributed by atoms with Gasteiger partial charge in [-0.3, -0.25) is 9.91 Å². The Morgan fingerprint density at radius 3 is 2.17 bits per heavy atom. The second kappa shape index (κ2) is 12.4. The van der Waals surface area contributed by atoms with Crippen LogP contribution >= 0.6 is 35.0 Å². The third-order valence-corrected chi connectivity index (χ3v) is 5.86. The van der Waals surface area contributed by atoms with Crippen molar-refractivity contribution in [2.24, 2.45) is 4.99 Å². The van der Waals surface area contributed by atoms with Gasteiger partial charge in [0.25, 0.3) is 0 Å². The molecule has 0 aliphatic carbocycles. The van der Waals surface area contributed by atoms with E-state index in [-0.39, 0.29) is 0 Å². The predicted molar refractivity (Wildman–Crippen MR) is 124 cm³/mol. The van der Waals surface area contributed by atoms with Crippen LogP contribution in [0.5, 0.6) is 0 Å². The summed E-state index contributed by atoms with van der Waals surface area (Å²) in [5, 5.41) is 21.1. The third-order valence-electron chi connectivity index (χ3n) is 4.17. The minimum absolute atomic E-state index is 0.546. The van der Waals surface area contributed by atoms with Crippen molar-refractivity contribution in [3.05, 3.63) is 28.2 Å². The minimum atomic E-state index is -1.82. The molecule has 0 amide bonds. The number of carboxylic acid groups (broad SMARTS) is 2. The molecule has 1 heterocycles. The maximum atomic E-state index is 9.10. The van der Waals surface area contributed by atoms with Gasteiger partial charge >= 0.3 is 11.9 Å². The monoisotopic (exact) mass is 478 g/mol. The summed E-state index contributed by atoms with van der Waals surface area (Å²) in [6.45, 7) is 10.7. The van der Waals surface area contributed by atoms with E-state index in [1.165, 1.54) is 0 Å². The number of hydrogen-bond donors (Lipinski definition) is 2. The van der Waals surface area contributed by atoms with Crippen LogP contribution in [0.3, 0.4) is 0 Å². The van der Waals surface area contributed by atoms with Gasteiger partial charge in [-0.1, -0.05) is 35.0 Å². The third kappa shape index (κ3) is 7.96. The second-order valence-corrected chi connectivity index (χ2v) is 8.91. The molecule has 30 heavy (non-hydrogen) atoms. The number of carbonyl (C=O) groups is 2. The van der Waals surface area contributed by atoms with Crippen LogP contribution < -0.4 is 5.01 Å². The Labute approximate surface area is 191 Å². The van der Waals surface area contributed by atoms with Crippen molar-refractivity contribution in [1.29, 1.82) is 0 Å². The Kier molecular flexibility index (Phi) is 10.9. The molecule has 1 aliphatic rings. The highest BCUT2D eigenvalue weighted by Crippen LogP contribution is 2.31. The summed E-state index contributed by atoms with van der Waals surface area (Å²) in [6.07, 6.45) is 0. The molecule has 8 nitrogen and oxygen atoms in total. The number of aliphatic carboxylic acids is 2. The van der Waals surface area contributed by atoms with E-state index in [2.05, 4.69) is 47.6 Å². The van der Waals surface area contributed by atoms with Gasteiger partial charge in [0.2, 0.25) is 0 Å². The van der Waals surface area contributed by atoms with Crippen molar-refractivity contribution < 1.29 is 19.8 Å². The van der Waals surface area contributed by atoms with Crippen molar-refractivity contribution in [3.63, 3.8) is 0 Å². The Bertz CT molecular complexity index is 757. The largest absolute Gasteiger partial charge is 0.473 e. The molecular weight excluding hydrogens is 451 g/mol. The zero-order chi connectivity index (χ0) is 23.0. The zero-order valence-corrected chi connectivity index (χ0v) is 20.0. The van der Waals surface area contributed by atoms with Crippen LogP contribution in [0.15, 0.2) is 23.2 Å². The van der Waals surface area contributed by atoms with E-state index in [4.69, 9.17) is 43.0 Å². The molecule has 11 heteroatoms. The van der Waals surface area contributed by atoms with Gasteiger partial charge in [0.05, 0.1) is 15.7 Å².